The van der Waals surface area contributed by atoms with Crippen LogP contribution < -0.4 is 5.73 Å². The fraction of sp³-hybridized carbons (Fsp3) is 0.667. The number of aromatic amines is 1. The van der Waals surface area contributed by atoms with Crippen molar-refractivity contribution in [1.29, 1.82) is 0 Å². The van der Waals surface area contributed by atoms with Gasteiger partial charge in [-0.15, -0.1) is 5.10 Å². The minimum atomic E-state index is -0.677. The number of nitrogens with one attached hydrogen (secondary N) is 1. The summed E-state index contributed by atoms with van der Waals surface area (Å²) in [4.78, 5) is 15.4. The fourth-order valence-corrected chi connectivity index (χ4v) is 0.942. The minimum Gasteiger partial charge on any atom is -0.454 e. The molecular formula is C9H16N4O3. The largest absolute Gasteiger partial charge is 0.454 e. The molecular weight excluding hydrogens is 212 g/mol. The first-order valence-electron chi connectivity index (χ1n) is 4.85. The maximum Gasteiger partial charge on any atom is 0.378 e. The van der Waals surface area contributed by atoms with E-state index in [1.165, 1.54) is 0 Å². The summed E-state index contributed by atoms with van der Waals surface area (Å²) in [6.07, 6.45) is 0. The Morgan fingerprint density at radius 3 is 2.75 bits per heavy atom. The Bertz CT molecular complexity index is 369. The van der Waals surface area contributed by atoms with Gasteiger partial charge < -0.3 is 15.6 Å². The van der Waals surface area contributed by atoms with Gasteiger partial charge in [-0.05, 0) is 20.8 Å². The van der Waals surface area contributed by atoms with Crippen molar-refractivity contribution in [3.63, 3.8) is 0 Å². The molecule has 1 aromatic rings. The SMILES string of the molecule is CC(C)(C)OC(=O)c1n[nH]c(C(N)CO)n1. The summed E-state index contributed by atoms with van der Waals surface area (Å²) < 4.78 is 5.06. The quantitative estimate of drug-likeness (QED) is 0.615. The molecule has 0 aliphatic rings. The highest BCUT2D eigenvalue weighted by Gasteiger charge is 2.22. The summed E-state index contributed by atoms with van der Waals surface area (Å²) in [5.74, 6) is -0.461. The van der Waals surface area contributed by atoms with Crippen LogP contribution in [0.25, 0.3) is 0 Å². The average Bonchev–Trinajstić information content (AvgIpc) is 2.62. The van der Waals surface area contributed by atoms with Gasteiger partial charge in [0.25, 0.3) is 5.82 Å². The monoisotopic (exact) mass is 228 g/mol. The predicted molar refractivity (Wildman–Crippen MR) is 55.6 cm³/mol. The molecule has 0 saturated heterocycles. The topological polar surface area (TPSA) is 114 Å². The summed E-state index contributed by atoms with van der Waals surface area (Å²) >= 11 is 0. The summed E-state index contributed by atoms with van der Waals surface area (Å²) in [5, 5.41) is 14.9. The first-order valence-corrected chi connectivity index (χ1v) is 4.85. The summed E-state index contributed by atoms with van der Waals surface area (Å²) in [5.41, 5.74) is 4.90. The highest BCUT2D eigenvalue weighted by atomic mass is 16.6. The van der Waals surface area contributed by atoms with Gasteiger partial charge in [-0.3, -0.25) is 5.10 Å². The molecule has 0 radical (unpaired) electrons. The van der Waals surface area contributed by atoms with Crippen molar-refractivity contribution >= 4 is 5.97 Å². The number of rotatable bonds is 3. The van der Waals surface area contributed by atoms with Crippen LogP contribution in [0.3, 0.4) is 0 Å². The zero-order valence-electron chi connectivity index (χ0n) is 9.52. The van der Waals surface area contributed by atoms with Crippen LogP contribution in [-0.4, -0.2) is 38.5 Å². The molecule has 0 spiro atoms. The second-order valence-electron chi connectivity index (χ2n) is 4.34. The van der Waals surface area contributed by atoms with Crippen LogP contribution in [0.4, 0.5) is 0 Å². The van der Waals surface area contributed by atoms with Crippen LogP contribution in [-0.2, 0) is 4.74 Å². The maximum absolute atomic E-state index is 11.5. The molecule has 1 heterocycles. The number of H-pyrrole nitrogens is 1. The molecule has 0 bridgehead atoms. The third-order valence-electron chi connectivity index (χ3n) is 1.63. The van der Waals surface area contributed by atoms with Gasteiger partial charge in [0.15, 0.2) is 0 Å². The Morgan fingerprint density at radius 2 is 2.25 bits per heavy atom. The molecule has 0 fully saturated rings. The molecule has 4 N–H and O–H groups in total. The van der Waals surface area contributed by atoms with Crippen LogP contribution in [0.1, 0.15) is 43.3 Å². The van der Waals surface area contributed by atoms with Crippen molar-refractivity contribution in [3.8, 4) is 0 Å². The van der Waals surface area contributed by atoms with Crippen molar-refractivity contribution in [2.45, 2.75) is 32.4 Å². The lowest BCUT2D eigenvalue weighted by Gasteiger charge is -2.17. The summed E-state index contributed by atoms with van der Waals surface area (Å²) in [7, 11) is 0. The highest BCUT2D eigenvalue weighted by Crippen LogP contribution is 2.10. The van der Waals surface area contributed by atoms with Crippen LogP contribution in [0.2, 0.25) is 0 Å². The van der Waals surface area contributed by atoms with E-state index in [0.29, 0.717) is 0 Å². The average molecular weight is 228 g/mol. The molecule has 0 saturated carbocycles. The number of carbonyl (C=O) groups is 1. The number of aliphatic hydroxyl groups is 1. The van der Waals surface area contributed by atoms with Gasteiger partial charge in [-0.2, -0.15) is 0 Å². The first-order chi connectivity index (χ1) is 7.33. The van der Waals surface area contributed by atoms with E-state index in [9.17, 15) is 4.79 Å². The number of nitrogens with two attached hydrogens (primary N) is 1. The lowest BCUT2D eigenvalue weighted by molar-refractivity contribution is 0.00559. The molecule has 0 aliphatic heterocycles. The van der Waals surface area contributed by atoms with Crippen molar-refractivity contribution in [1.82, 2.24) is 15.2 Å². The van der Waals surface area contributed by atoms with E-state index in [-0.39, 0.29) is 18.3 Å². The Labute approximate surface area is 93.0 Å². The van der Waals surface area contributed by atoms with Crippen molar-refractivity contribution < 1.29 is 14.6 Å². The van der Waals surface area contributed by atoms with Crippen molar-refractivity contribution in [3.05, 3.63) is 11.6 Å². The second kappa shape index (κ2) is 4.58. The molecule has 1 unspecified atom stereocenters. The number of aromatic nitrogens is 3. The van der Waals surface area contributed by atoms with Crippen LogP contribution >= 0.6 is 0 Å². The van der Waals surface area contributed by atoms with E-state index in [2.05, 4.69) is 15.2 Å². The lowest BCUT2D eigenvalue weighted by atomic mass is 10.2. The third-order valence-corrected chi connectivity index (χ3v) is 1.63. The molecule has 1 atom stereocenters. The van der Waals surface area contributed by atoms with Gasteiger partial charge in [0.1, 0.15) is 11.4 Å². The predicted octanol–water partition coefficient (Wildman–Crippen LogP) is -0.248. The highest BCUT2D eigenvalue weighted by molar-refractivity contribution is 5.85. The van der Waals surface area contributed by atoms with E-state index in [0.717, 1.165) is 0 Å². The number of ether oxygens (including phenoxy) is 1. The van der Waals surface area contributed by atoms with Gasteiger partial charge in [-0.1, -0.05) is 0 Å². The van der Waals surface area contributed by atoms with Crippen LogP contribution in [0.15, 0.2) is 0 Å². The third kappa shape index (κ3) is 3.28. The van der Waals surface area contributed by atoms with Crippen molar-refractivity contribution in [2.24, 2.45) is 5.73 Å². The van der Waals surface area contributed by atoms with Crippen molar-refractivity contribution in [2.75, 3.05) is 6.61 Å². The number of hydrogen-bond acceptors (Lipinski definition) is 6. The molecule has 0 aromatic carbocycles. The van der Waals surface area contributed by atoms with Gasteiger partial charge in [0.05, 0.1) is 12.6 Å². The fourth-order valence-electron chi connectivity index (χ4n) is 0.942. The van der Waals surface area contributed by atoms with Crippen LogP contribution in [0.5, 0.6) is 0 Å². The van der Waals surface area contributed by atoms with Crippen LogP contribution in [0, 0.1) is 0 Å². The number of aliphatic hydroxyl groups excluding tert-OH is 1. The molecule has 0 aliphatic carbocycles. The van der Waals surface area contributed by atoms with E-state index in [1.807, 2.05) is 0 Å². The maximum atomic E-state index is 11.5. The van der Waals surface area contributed by atoms with Gasteiger partial charge in [-0.25, -0.2) is 9.78 Å². The summed E-state index contributed by atoms with van der Waals surface area (Å²) in [6.45, 7) is 4.97. The number of esters is 1. The Kier molecular flexibility index (Phi) is 3.61. The number of hydrogen-bond donors (Lipinski definition) is 3. The molecule has 90 valence electrons. The Morgan fingerprint density at radius 1 is 1.62 bits per heavy atom. The molecule has 0 amide bonds. The standard InChI is InChI=1S/C9H16N4O3/c1-9(2,3)16-8(15)7-11-6(12-13-7)5(10)4-14/h5,14H,4,10H2,1-3H3,(H,11,12,13). The molecule has 16 heavy (non-hydrogen) atoms. The van der Waals surface area contributed by atoms with E-state index >= 15 is 0 Å². The molecule has 1 aromatic heterocycles. The van der Waals surface area contributed by atoms with E-state index in [4.69, 9.17) is 15.6 Å². The van der Waals surface area contributed by atoms with Gasteiger partial charge >= 0.3 is 5.97 Å². The number of nitrogens with zero attached hydrogens (tertiary/aromatic N) is 2. The normalized spacial score (nSPS) is 13.6. The Hall–Kier alpha value is -1.47. The minimum absolute atomic E-state index is 0.0891. The lowest BCUT2D eigenvalue weighted by Crippen LogP contribution is -2.24. The zero-order valence-corrected chi connectivity index (χ0v) is 9.52. The zero-order chi connectivity index (χ0) is 12.3. The molecule has 7 heteroatoms. The molecule has 1 rings (SSSR count). The van der Waals surface area contributed by atoms with Gasteiger partial charge in [0.2, 0.25) is 0 Å². The van der Waals surface area contributed by atoms with Gasteiger partial charge in [0, 0.05) is 0 Å². The second-order valence-corrected chi connectivity index (χ2v) is 4.34. The Balaban J connectivity index is 2.75. The number of carbonyl (C=O) groups excluding carboxylic acids is 1. The summed E-state index contributed by atoms with van der Waals surface area (Å²) in [6, 6.07) is -0.677. The first kappa shape index (κ1) is 12.6. The molecule has 7 nitrogen and oxygen atoms in total. The van der Waals surface area contributed by atoms with E-state index in [1.54, 1.807) is 20.8 Å². The smallest absolute Gasteiger partial charge is 0.378 e. The van der Waals surface area contributed by atoms with E-state index < -0.39 is 17.6 Å².